The lowest BCUT2D eigenvalue weighted by molar-refractivity contribution is 0.0733. The maximum atomic E-state index is 12.8. The van der Waals surface area contributed by atoms with Crippen LogP contribution >= 0.6 is 11.3 Å². The fourth-order valence-corrected chi connectivity index (χ4v) is 3.52. The molecule has 0 unspecified atom stereocenters. The molecule has 2 aromatic rings. The molecule has 3 rings (SSSR count). The highest BCUT2D eigenvalue weighted by Crippen LogP contribution is 2.30. The first-order valence-electron chi connectivity index (χ1n) is 7.06. The molecule has 110 valence electrons. The van der Waals surface area contributed by atoms with Crippen LogP contribution in [-0.4, -0.2) is 24.0 Å². The number of amides is 1. The number of rotatable bonds is 3. The summed E-state index contributed by atoms with van der Waals surface area (Å²) in [5.41, 5.74) is 8.21. The Morgan fingerprint density at radius 3 is 3.10 bits per heavy atom. The molecule has 0 atom stereocenters. The monoisotopic (exact) mass is 302 g/mol. The Balaban J connectivity index is 1.89. The number of ether oxygens (including phenoxy) is 1. The van der Waals surface area contributed by atoms with Crippen molar-refractivity contribution in [2.75, 3.05) is 18.9 Å². The van der Waals surface area contributed by atoms with E-state index in [1.54, 1.807) is 23.5 Å². The summed E-state index contributed by atoms with van der Waals surface area (Å²) in [5.74, 6) is 0.520. The van der Waals surface area contributed by atoms with Crippen molar-refractivity contribution in [3.63, 3.8) is 0 Å². The third-order valence-electron chi connectivity index (χ3n) is 3.67. The minimum absolute atomic E-state index is 0.0478. The van der Waals surface area contributed by atoms with Crippen LogP contribution in [0.1, 0.15) is 27.7 Å². The van der Waals surface area contributed by atoms with Crippen LogP contribution in [0, 0.1) is 0 Å². The van der Waals surface area contributed by atoms with Crippen molar-refractivity contribution < 1.29 is 9.53 Å². The molecule has 1 aliphatic rings. The van der Waals surface area contributed by atoms with Gasteiger partial charge in [0.05, 0.1) is 6.61 Å². The van der Waals surface area contributed by atoms with Gasteiger partial charge in [0.2, 0.25) is 0 Å². The van der Waals surface area contributed by atoms with Crippen molar-refractivity contribution in [1.82, 2.24) is 4.90 Å². The van der Waals surface area contributed by atoms with E-state index in [-0.39, 0.29) is 5.91 Å². The SMILES string of the molecule is CCOc1cccc(N)c1C(=O)N1CCc2sccc2C1. The van der Waals surface area contributed by atoms with Gasteiger partial charge in [-0.15, -0.1) is 11.3 Å². The standard InChI is InChI=1S/C16H18N2O2S/c1-2-20-13-5-3-4-12(17)15(13)16(19)18-8-6-14-11(10-18)7-9-21-14/h3-5,7,9H,2,6,8,10,17H2,1H3. The Morgan fingerprint density at radius 1 is 1.43 bits per heavy atom. The Labute approximate surface area is 128 Å². The Hall–Kier alpha value is -2.01. The molecule has 0 fully saturated rings. The minimum Gasteiger partial charge on any atom is -0.493 e. The van der Waals surface area contributed by atoms with Crippen molar-refractivity contribution in [2.24, 2.45) is 0 Å². The van der Waals surface area contributed by atoms with Crippen molar-refractivity contribution in [3.05, 3.63) is 45.6 Å². The van der Waals surface area contributed by atoms with Gasteiger partial charge in [-0.1, -0.05) is 6.07 Å². The smallest absolute Gasteiger partial charge is 0.260 e. The van der Waals surface area contributed by atoms with E-state index in [4.69, 9.17) is 10.5 Å². The van der Waals surface area contributed by atoms with Crippen LogP contribution < -0.4 is 10.5 Å². The van der Waals surface area contributed by atoms with E-state index in [1.165, 1.54) is 10.4 Å². The fourth-order valence-electron chi connectivity index (χ4n) is 2.63. The second-order valence-electron chi connectivity index (χ2n) is 5.00. The molecule has 0 saturated heterocycles. The van der Waals surface area contributed by atoms with Gasteiger partial charge in [0.15, 0.2) is 0 Å². The predicted molar refractivity (Wildman–Crippen MR) is 84.8 cm³/mol. The van der Waals surface area contributed by atoms with Crippen LogP contribution in [0.5, 0.6) is 5.75 Å². The third kappa shape index (κ3) is 2.61. The van der Waals surface area contributed by atoms with E-state index >= 15 is 0 Å². The van der Waals surface area contributed by atoms with E-state index in [2.05, 4.69) is 11.4 Å². The van der Waals surface area contributed by atoms with Crippen LogP contribution in [0.15, 0.2) is 29.6 Å². The van der Waals surface area contributed by atoms with Gasteiger partial charge in [0, 0.05) is 23.7 Å². The second-order valence-corrected chi connectivity index (χ2v) is 6.00. The third-order valence-corrected chi connectivity index (χ3v) is 4.69. The number of nitrogens with two attached hydrogens (primary N) is 1. The molecule has 0 spiro atoms. The fraction of sp³-hybridized carbons (Fsp3) is 0.312. The number of thiophene rings is 1. The normalized spacial score (nSPS) is 13.9. The summed E-state index contributed by atoms with van der Waals surface area (Å²) in [7, 11) is 0. The number of benzene rings is 1. The Morgan fingerprint density at radius 2 is 2.29 bits per heavy atom. The van der Waals surface area contributed by atoms with Crippen LogP contribution in [0.3, 0.4) is 0 Å². The number of hydrogen-bond donors (Lipinski definition) is 1. The molecule has 21 heavy (non-hydrogen) atoms. The van der Waals surface area contributed by atoms with Gasteiger partial charge in [-0.25, -0.2) is 0 Å². The average Bonchev–Trinajstić information content (AvgIpc) is 2.94. The van der Waals surface area contributed by atoms with E-state index in [9.17, 15) is 4.79 Å². The lowest BCUT2D eigenvalue weighted by atomic mass is 10.1. The van der Waals surface area contributed by atoms with Crippen molar-refractivity contribution >= 4 is 22.9 Å². The number of fused-ring (bicyclic) bond motifs is 1. The zero-order chi connectivity index (χ0) is 14.8. The lowest BCUT2D eigenvalue weighted by Gasteiger charge is -2.28. The van der Waals surface area contributed by atoms with Crippen molar-refractivity contribution in [1.29, 1.82) is 0 Å². The topological polar surface area (TPSA) is 55.6 Å². The van der Waals surface area contributed by atoms with E-state index < -0.39 is 0 Å². The van der Waals surface area contributed by atoms with Gasteiger partial charge in [-0.3, -0.25) is 4.79 Å². The van der Waals surface area contributed by atoms with Crippen LogP contribution in [0.25, 0.3) is 0 Å². The molecule has 2 heterocycles. The van der Waals surface area contributed by atoms with Crippen molar-refractivity contribution in [2.45, 2.75) is 19.9 Å². The first-order valence-corrected chi connectivity index (χ1v) is 7.94. The summed E-state index contributed by atoms with van der Waals surface area (Å²) in [5, 5.41) is 2.08. The quantitative estimate of drug-likeness (QED) is 0.887. The summed E-state index contributed by atoms with van der Waals surface area (Å²) < 4.78 is 5.56. The molecule has 5 heteroatoms. The zero-order valence-corrected chi connectivity index (χ0v) is 12.8. The van der Waals surface area contributed by atoms with Gasteiger partial charge in [-0.05, 0) is 42.5 Å². The molecular formula is C16H18N2O2S. The van der Waals surface area contributed by atoms with Crippen LogP contribution in [0.2, 0.25) is 0 Å². The van der Waals surface area contributed by atoms with Crippen LogP contribution in [-0.2, 0) is 13.0 Å². The van der Waals surface area contributed by atoms with Gasteiger partial charge >= 0.3 is 0 Å². The summed E-state index contributed by atoms with van der Waals surface area (Å²) in [6.45, 7) is 3.79. The number of carbonyl (C=O) groups is 1. The molecule has 1 aromatic carbocycles. The summed E-state index contributed by atoms with van der Waals surface area (Å²) in [6.07, 6.45) is 0.912. The minimum atomic E-state index is -0.0478. The van der Waals surface area contributed by atoms with Gasteiger partial charge in [0.1, 0.15) is 11.3 Å². The molecule has 1 amide bonds. The maximum absolute atomic E-state index is 12.8. The zero-order valence-electron chi connectivity index (χ0n) is 12.0. The molecule has 1 aromatic heterocycles. The van der Waals surface area contributed by atoms with E-state index in [1.807, 2.05) is 17.9 Å². The van der Waals surface area contributed by atoms with E-state index in [0.717, 1.165) is 13.0 Å². The van der Waals surface area contributed by atoms with E-state index in [0.29, 0.717) is 30.2 Å². The van der Waals surface area contributed by atoms with Crippen molar-refractivity contribution in [3.8, 4) is 5.75 Å². The number of hydrogen-bond acceptors (Lipinski definition) is 4. The summed E-state index contributed by atoms with van der Waals surface area (Å²) in [4.78, 5) is 16.0. The molecule has 0 saturated carbocycles. The van der Waals surface area contributed by atoms with Gasteiger partial charge in [-0.2, -0.15) is 0 Å². The molecule has 2 N–H and O–H groups in total. The molecule has 0 aliphatic carbocycles. The van der Waals surface area contributed by atoms with Crippen LogP contribution in [0.4, 0.5) is 5.69 Å². The number of nitrogen functional groups attached to an aromatic ring is 1. The largest absolute Gasteiger partial charge is 0.493 e. The second kappa shape index (κ2) is 5.77. The maximum Gasteiger partial charge on any atom is 0.260 e. The molecular weight excluding hydrogens is 284 g/mol. The lowest BCUT2D eigenvalue weighted by Crippen LogP contribution is -2.36. The highest BCUT2D eigenvalue weighted by Gasteiger charge is 2.26. The first-order chi connectivity index (χ1) is 10.2. The molecule has 4 nitrogen and oxygen atoms in total. The molecule has 1 aliphatic heterocycles. The summed E-state index contributed by atoms with van der Waals surface area (Å²) in [6, 6.07) is 7.45. The number of nitrogens with zero attached hydrogens (tertiary/aromatic N) is 1. The van der Waals surface area contributed by atoms with Gasteiger partial charge < -0.3 is 15.4 Å². The Kier molecular flexibility index (Phi) is 3.84. The highest BCUT2D eigenvalue weighted by atomic mass is 32.1. The van der Waals surface area contributed by atoms with Gasteiger partial charge in [0.25, 0.3) is 5.91 Å². The highest BCUT2D eigenvalue weighted by molar-refractivity contribution is 7.10. The molecule has 0 bridgehead atoms. The average molecular weight is 302 g/mol. The first kappa shape index (κ1) is 13.9. The Bertz CT molecular complexity index is 666. The number of carbonyl (C=O) groups excluding carboxylic acids is 1. The summed E-state index contributed by atoms with van der Waals surface area (Å²) >= 11 is 1.76. The predicted octanol–water partition coefficient (Wildman–Crippen LogP) is 2.93. The molecule has 0 radical (unpaired) electrons. The number of anilines is 1.